The Balaban J connectivity index is 2.40. The van der Waals surface area contributed by atoms with Crippen molar-refractivity contribution in [2.45, 2.75) is 20.3 Å². The molecule has 0 aliphatic carbocycles. The highest BCUT2D eigenvalue weighted by molar-refractivity contribution is 6.17. The van der Waals surface area contributed by atoms with E-state index in [4.69, 9.17) is 11.6 Å². The minimum absolute atomic E-state index is 0.683. The highest BCUT2D eigenvalue weighted by Crippen LogP contribution is 2.18. The molecule has 0 aromatic carbocycles. The molecule has 0 bridgehead atoms. The summed E-state index contributed by atoms with van der Waals surface area (Å²) in [7, 11) is 0. The zero-order valence-electron chi connectivity index (χ0n) is 10.2. The lowest BCUT2D eigenvalue weighted by molar-refractivity contribution is 0.757. The maximum atomic E-state index is 5.76. The highest BCUT2D eigenvalue weighted by atomic mass is 35.5. The van der Waals surface area contributed by atoms with E-state index in [1.54, 1.807) is 6.33 Å². The Kier molecular flexibility index (Phi) is 3.84. The van der Waals surface area contributed by atoms with E-state index in [2.05, 4.69) is 34.9 Å². The van der Waals surface area contributed by atoms with E-state index in [1.807, 2.05) is 10.6 Å². The van der Waals surface area contributed by atoms with E-state index >= 15 is 0 Å². The van der Waals surface area contributed by atoms with Gasteiger partial charge in [-0.25, -0.2) is 4.98 Å². The summed E-state index contributed by atoms with van der Waals surface area (Å²) in [6, 6.07) is 4.17. The molecule has 0 radical (unpaired) electrons. The van der Waals surface area contributed by atoms with Crippen molar-refractivity contribution in [1.29, 1.82) is 0 Å². The van der Waals surface area contributed by atoms with Crippen LogP contribution in [0.5, 0.6) is 0 Å². The number of alkyl halides is 1. The van der Waals surface area contributed by atoms with Gasteiger partial charge in [-0.1, -0.05) is 0 Å². The van der Waals surface area contributed by atoms with Crippen molar-refractivity contribution in [3.63, 3.8) is 0 Å². The van der Waals surface area contributed by atoms with Crippen molar-refractivity contribution < 1.29 is 0 Å². The molecule has 0 atom stereocenters. The summed E-state index contributed by atoms with van der Waals surface area (Å²) in [5.41, 5.74) is 2.09. The predicted octanol–water partition coefficient (Wildman–Crippen LogP) is 2.49. The van der Waals surface area contributed by atoms with E-state index in [9.17, 15) is 0 Å². The summed E-state index contributed by atoms with van der Waals surface area (Å²) in [6.07, 6.45) is 2.56. The largest absolute Gasteiger partial charge is 0.357 e. The number of aromatic nitrogens is 3. The molecule has 0 unspecified atom stereocenters. The molecule has 0 aliphatic rings. The topological polar surface area (TPSA) is 33.4 Å². The van der Waals surface area contributed by atoms with Crippen LogP contribution in [0.15, 0.2) is 18.5 Å². The van der Waals surface area contributed by atoms with E-state index < -0.39 is 0 Å². The van der Waals surface area contributed by atoms with Gasteiger partial charge in [0.25, 0.3) is 0 Å². The number of aryl methyl sites for hydroxylation is 1. The van der Waals surface area contributed by atoms with E-state index in [0.717, 1.165) is 31.0 Å². The van der Waals surface area contributed by atoms with Gasteiger partial charge in [0, 0.05) is 19.0 Å². The first-order valence-corrected chi connectivity index (χ1v) is 6.41. The molecule has 4 nitrogen and oxygen atoms in total. The fourth-order valence-corrected chi connectivity index (χ4v) is 2.07. The molecule has 2 rings (SSSR count). The van der Waals surface area contributed by atoms with Gasteiger partial charge in [0.2, 0.25) is 0 Å². The lowest BCUT2D eigenvalue weighted by Crippen LogP contribution is -2.26. The van der Waals surface area contributed by atoms with Crippen LogP contribution in [-0.2, 0) is 0 Å². The second-order valence-corrected chi connectivity index (χ2v) is 4.42. The molecule has 2 aromatic heterocycles. The fraction of sp³-hybridized carbons (Fsp3) is 0.500. The number of anilines is 1. The van der Waals surface area contributed by atoms with Crippen LogP contribution in [0.4, 0.5) is 5.82 Å². The Labute approximate surface area is 106 Å². The van der Waals surface area contributed by atoms with E-state index in [1.165, 1.54) is 5.56 Å². The first-order valence-electron chi connectivity index (χ1n) is 5.87. The van der Waals surface area contributed by atoms with Crippen LogP contribution in [0.25, 0.3) is 5.65 Å². The Bertz CT molecular complexity index is 494. The van der Waals surface area contributed by atoms with Gasteiger partial charge in [-0.15, -0.1) is 11.6 Å². The summed E-state index contributed by atoms with van der Waals surface area (Å²) < 4.78 is 1.88. The molecule has 0 N–H and O–H groups in total. The third-order valence-corrected chi connectivity index (χ3v) is 3.04. The van der Waals surface area contributed by atoms with Gasteiger partial charge in [-0.3, -0.25) is 0 Å². The summed E-state index contributed by atoms with van der Waals surface area (Å²) in [4.78, 5) is 6.51. The van der Waals surface area contributed by atoms with E-state index in [-0.39, 0.29) is 0 Å². The standard InChI is InChI=1S/C12H17ClN4/c1-3-16(6-4-5-13)12-8-10(2)7-11-14-9-15-17(11)12/h7-9H,3-6H2,1-2H3. The van der Waals surface area contributed by atoms with Gasteiger partial charge in [-0.05, 0) is 38.0 Å². The van der Waals surface area contributed by atoms with Crippen LogP contribution < -0.4 is 4.90 Å². The molecule has 0 saturated heterocycles. The van der Waals surface area contributed by atoms with Crippen molar-refractivity contribution in [3.8, 4) is 0 Å². The predicted molar refractivity (Wildman–Crippen MR) is 70.9 cm³/mol. The molecule has 0 aliphatic heterocycles. The number of halogens is 1. The quantitative estimate of drug-likeness (QED) is 0.767. The van der Waals surface area contributed by atoms with Crippen molar-refractivity contribution in [1.82, 2.24) is 14.6 Å². The number of hydrogen-bond donors (Lipinski definition) is 0. The van der Waals surface area contributed by atoms with Gasteiger partial charge in [-0.2, -0.15) is 9.61 Å². The smallest absolute Gasteiger partial charge is 0.157 e. The SMILES string of the molecule is CCN(CCCCl)c1cc(C)cc2ncnn12. The monoisotopic (exact) mass is 252 g/mol. The lowest BCUT2D eigenvalue weighted by Gasteiger charge is -2.23. The van der Waals surface area contributed by atoms with Crippen LogP contribution in [0.3, 0.4) is 0 Å². The van der Waals surface area contributed by atoms with Gasteiger partial charge in [0.1, 0.15) is 12.1 Å². The van der Waals surface area contributed by atoms with Crippen LogP contribution in [0.2, 0.25) is 0 Å². The summed E-state index contributed by atoms with van der Waals surface area (Å²) in [5.74, 6) is 1.77. The molecule has 2 heterocycles. The zero-order chi connectivity index (χ0) is 12.3. The third-order valence-electron chi connectivity index (χ3n) is 2.77. The molecule has 92 valence electrons. The Morgan fingerprint density at radius 2 is 2.24 bits per heavy atom. The molecule has 5 heteroatoms. The zero-order valence-corrected chi connectivity index (χ0v) is 11.0. The van der Waals surface area contributed by atoms with Crippen molar-refractivity contribution in [2.75, 3.05) is 23.9 Å². The second-order valence-electron chi connectivity index (χ2n) is 4.04. The van der Waals surface area contributed by atoms with E-state index in [0.29, 0.717) is 5.88 Å². The first kappa shape index (κ1) is 12.2. The summed E-state index contributed by atoms with van der Waals surface area (Å²) >= 11 is 5.76. The minimum Gasteiger partial charge on any atom is -0.357 e. The van der Waals surface area contributed by atoms with Gasteiger partial charge < -0.3 is 4.90 Å². The molecule has 0 fully saturated rings. The average molecular weight is 253 g/mol. The van der Waals surface area contributed by atoms with Crippen molar-refractivity contribution in [2.24, 2.45) is 0 Å². The van der Waals surface area contributed by atoms with Crippen LogP contribution in [-0.4, -0.2) is 33.6 Å². The normalized spacial score (nSPS) is 11.0. The number of rotatable bonds is 5. The Morgan fingerprint density at radius 3 is 2.94 bits per heavy atom. The average Bonchev–Trinajstić information content (AvgIpc) is 2.77. The molecular weight excluding hydrogens is 236 g/mol. The summed E-state index contributed by atoms with van der Waals surface area (Å²) in [6.45, 7) is 6.10. The molecule has 0 spiro atoms. The molecule has 0 saturated carbocycles. The van der Waals surface area contributed by atoms with Gasteiger partial charge in [0.05, 0.1) is 0 Å². The Morgan fingerprint density at radius 1 is 1.41 bits per heavy atom. The second kappa shape index (κ2) is 5.36. The van der Waals surface area contributed by atoms with Crippen molar-refractivity contribution in [3.05, 3.63) is 24.0 Å². The number of hydrogen-bond acceptors (Lipinski definition) is 3. The maximum absolute atomic E-state index is 5.76. The highest BCUT2D eigenvalue weighted by Gasteiger charge is 2.10. The van der Waals surface area contributed by atoms with Crippen LogP contribution in [0.1, 0.15) is 18.9 Å². The van der Waals surface area contributed by atoms with Crippen LogP contribution >= 0.6 is 11.6 Å². The minimum atomic E-state index is 0.683. The number of pyridine rings is 1. The number of nitrogens with zero attached hydrogens (tertiary/aromatic N) is 4. The summed E-state index contributed by atoms with van der Waals surface area (Å²) in [5, 5.41) is 4.27. The van der Waals surface area contributed by atoms with Crippen LogP contribution in [0, 0.1) is 6.92 Å². The molecule has 2 aromatic rings. The van der Waals surface area contributed by atoms with Gasteiger partial charge in [0.15, 0.2) is 5.65 Å². The number of fused-ring (bicyclic) bond motifs is 1. The maximum Gasteiger partial charge on any atom is 0.157 e. The molecule has 0 amide bonds. The Hall–Kier alpha value is -1.29. The fourth-order valence-electron chi connectivity index (χ4n) is 1.95. The molecular formula is C12H17ClN4. The lowest BCUT2D eigenvalue weighted by atomic mass is 10.2. The van der Waals surface area contributed by atoms with Crippen molar-refractivity contribution >= 4 is 23.1 Å². The molecule has 17 heavy (non-hydrogen) atoms. The third kappa shape index (κ3) is 2.52. The first-order chi connectivity index (χ1) is 8.26. The van der Waals surface area contributed by atoms with Gasteiger partial charge >= 0.3 is 0 Å².